The van der Waals surface area contributed by atoms with Crippen LogP contribution in [0.1, 0.15) is 23.3 Å². The van der Waals surface area contributed by atoms with E-state index in [1.807, 2.05) is 29.9 Å². The quantitative estimate of drug-likeness (QED) is 0.774. The number of aryl methyl sites for hydroxylation is 1. The summed E-state index contributed by atoms with van der Waals surface area (Å²) in [5.74, 6) is 0.0269. The lowest BCUT2D eigenvalue weighted by atomic mass is 10.2. The summed E-state index contributed by atoms with van der Waals surface area (Å²) < 4.78 is 1.81. The zero-order valence-electron chi connectivity index (χ0n) is 8.89. The van der Waals surface area contributed by atoms with Crippen molar-refractivity contribution in [2.24, 2.45) is 7.05 Å². The summed E-state index contributed by atoms with van der Waals surface area (Å²) in [4.78, 5) is 13.9. The molecule has 0 spiro atoms. The molecule has 0 bridgehead atoms. The number of likely N-dealkylation sites (tertiary alicyclic amines) is 1. The summed E-state index contributed by atoms with van der Waals surface area (Å²) in [6.07, 6.45) is 3.76. The Morgan fingerprint density at radius 3 is 3.07 bits per heavy atom. The van der Waals surface area contributed by atoms with E-state index in [4.69, 9.17) is 5.11 Å². The number of aromatic nitrogens is 1. The van der Waals surface area contributed by atoms with Crippen LogP contribution >= 0.6 is 0 Å². The molecule has 82 valence electrons. The molecule has 1 aromatic rings. The molecule has 0 unspecified atom stereocenters. The highest BCUT2D eigenvalue weighted by molar-refractivity contribution is 5.93. The lowest BCUT2D eigenvalue weighted by molar-refractivity contribution is 0.0668. The molecule has 1 amide bonds. The predicted molar refractivity (Wildman–Crippen MR) is 56.6 cm³/mol. The van der Waals surface area contributed by atoms with E-state index in [1.54, 1.807) is 4.90 Å². The zero-order chi connectivity index (χ0) is 10.8. The van der Waals surface area contributed by atoms with Crippen molar-refractivity contribution in [1.29, 1.82) is 0 Å². The van der Waals surface area contributed by atoms with Gasteiger partial charge < -0.3 is 14.6 Å². The Morgan fingerprint density at radius 1 is 1.67 bits per heavy atom. The van der Waals surface area contributed by atoms with Crippen LogP contribution in [0.4, 0.5) is 0 Å². The number of rotatable bonds is 2. The molecular formula is C11H16N2O2. The van der Waals surface area contributed by atoms with Crippen LogP contribution < -0.4 is 0 Å². The van der Waals surface area contributed by atoms with Gasteiger partial charge in [-0.05, 0) is 25.0 Å². The van der Waals surface area contributed by atoms with Gasteiger partial charge in [0.15, 0.2) is 0 Å². The Bertz CT molecular complexity index is 359. The zero-order valence-corrected chi connectivity index (χ0v) is 8.89. The minimum atomic E-state index is 0.00685. The lowest BCUT2D eigenvalue weighted by Gasteiger charge is -2.23. The second-order valence-corrected chi connectivity index (χ2v) is 3.98. The molecule has 15 heavy (non-hydrogen) atoms. The molecule has 1 aromatic heterocycles. The van der Waals surface area contributed by atoms with E-state index in [0.717, 1.165) is 19.4 Å². The van der Waals surface area contributed by atoms with Crippen molar-refractivity contribution in [2.45, 2.75) is 18.9 Å². The van der Waals surface area contributed by atoms with E-state index in [2.05, 4.69) is 0 Å². The molecule has 0 aliphatic carbocycles. The van der Waals surface area contributed by atoms with Gasteiger partial charge in [0.25, 0.3) is 5.91 Å². The highest BCUT2D eigenvalue weighted by Gasteiger charge is 2.29. The number of amides is 1. The van der Waals surface area contributed by atoms with Crippen LogP contribution in [0.5, 0.6) is 0 Å². The number of hydrogen-bond donors (Lipinski definition) is 1. The first-order valence-corrected chi connectivity index (χ1v) is 5.27. The second kappa shape index (κ2) is 4.06. The van der Waals surface area contributed by atoms with E-state index in [-0.39, 0.29) is 18.6 Å². The molecule has 1 aliphatic heterocycles. The van der Waals surface area contributed by atoms with Gasteiger partial charge in [-0.25, -0.2) is 0 Å². The third-order valence-electron chi connectivity index (χ3n) is 3.01. The van der Waals surface area contributed by atoms with Crippen molar-refractivity contribution < 1.29 is 9.90 Å². The SMILES string of the molecule is Cn1cccc1C(=O)N1CCC[C@H]1CO. The van der Waals surface area contributed by atoms with Gasteiger partial charge >= 0.3 is 0 Å². The van der Waals surface area contributed by atoms with Gasteiger partial charge in [0.1, 0.15) is 5.69 Å². The second-order valence-electron chi connectivity index (χ2n) is 3.98. The van der Waals surface area contributed by atoms with Crippen LogP contribution in [0.25, 0.3) is 0 Å². The van der Waals surface area contributed by atoms with Gasteiger partial charge in [-0.1, -0.05) is 0 Å². The molecule has 4 heteroatoms. The summed E-state index contributed by atoms with van der Waals surface area (Å²) in [5.41, 5.74) is 0.690. The van der Waals surface area contributed by atoms with Gasteiger partial charge in [-0.15, -0.1) is 0 Å². The third-order valence-corrected chi connectivity index (χ3v) is 3.01. The fourth-order valence-electron chi connectivity index (χ4n) is 2.12. The average molecular weight is 208 g/mol. The van der Waals surface area contributed by atoms with Crippen LogP contribution in [0.15, 0.2) is 18.3 Å². The van der Waals surface area contributed by atoms with Crippen LogP contribution in [0.3, 0.4) is 0 Å². The Hall–Kier alpha value is -1.29. The maximum atomic E-state index is 12.1. The van der Waals surface area contributed by atoms with Crippen LogP contribution in [-0.4, -0.2) is 39.7 Å². The molecule has 1 aliphatic rings. The third kappa shape index (κ3) is 1.77. The number of aliphatic hydroxyl groups is 1. The minimum Gasteiger partial charge on any atom is -0.394 e. The van der Waals surface area contributed by atoms with Crippen LogP contribution in [0, 0.1) is 0 Å². The first-order chi connectivity index (χ1) is 7.24. The number of carbonyl (C=O) groups excluding carboxylic acids is 1. The molecule has 1 atom stereocenters. The van der Waals surface area contributed by atoms with Crippen molar-refractivity contribution >= 4 is 5.91 Å². The molecule has 1 saturated heterocycles. The van der Waals surface area contributed by atoms with E-state index in [0.29, 0.717) is 5.69 Å². The predicted octanol–water partition coefficient (Wildman–Crippen LogP) is 0.622. The monoisotopic (exact) mass is 208 g/mol. The molecule has 2 heterocycles. The maximum absolute atomic E-state index is 12.1. The minimum absolute atomic E-state index is 0.00685. The molecular weight excluding hydrogens is 192 g/mol. The Morgan fingerprint density at radius 2 is 2.47 bits per heavy atom. The maximum Gasteiger partial charge on any atom is 0.270 e. The summed E-state index contributed by atoms with van der Waals surface area (Å²) in [7, 11) is 1.86. The van der Waals surface area contributed by atoms with Gasteiger partial charge in [0.05, 0.1) is 12.6 Å². The van der Waals surface area contributed by atoms with Crippen molar-refractivity contribution in [3.8, 4) is 0 Å². The lowest BCUT2D eigenvalue weighted by Crippen LogP contribution is -2.38. The summed E-state index contributed by atoms with van der Waals surface area (Å²) in [6.45, 7) is 0.825. The van der Waals surface area contributed by atoms with Gasteiger partial charge in [0.2, 0.25) is 0 Å². The van der Waals surface area contributed by atoms with E-state index < -0.39 is 0 Å². The van der Waals surface area contributed by atoms with Gasteiger partial charge in [-0.3, -0.25) is 4.79 Å². The number of hydrogen-bond acceptors (Lipinski definition) is 2. The highest BCUT2D eigenvalue weighted by atomic mass is 16.3. The molecule has 0 radical (unpaired) electrons. The smallest absolute Gasteiger partial charge is 0.270 e. The largest absolute Gasteiger partial charge is 0.394 e. The van der Waals surface area contributed by atoms with Crippen molar-refractivity contribution in [3.63, 3.8) is 0 Å². The van der Waals surface area contributed by atoms with Crippen molar-refractivity contribution in [2.75, 3.05) is 13.2 Å². The fourth-order valence-corrected chi connectivity index (χ4v) is 2.12. The molecule has 0 saturated carbocycles. The molecule has 4 nitrogen and oxygen atoms in total. The van der Waals surface area contributed by atoms with Crippen LogP contribution in [-0.2, 0) is 7.05 Å². The molecule has 0 aromatic carbocycles. The number of aliphatic hydroxyl groups excluding tert-OH is 1. The Kier molecular flexibility index (Phi) is 2.77. The summed E-state index contributed by atoms with van der Waals surface area (Å²) >= 11 is 0. The van der Waals surface area contributed by atoms with E-state index in [1.165, 1.54) is 0 Å². The standard InChI is InChI=1S/C11H16N2O2/c1-12-6-3-5-10(12)11(15)13-7-2-4-9(13)8-14/h3,5-6,9,14H,2,4,7-8H2,1H3/t9-/m0/s1. The highest BCUT2D eigenvalue weighted by Crippen LogP contribution is 2.19. The van der Waals surface area contributed by atoms with Crippen molar-refractivity contribution in [3.05, 3.63) is 24.0 Å². The topological polar surface area (TPSA) is 45.5 Å². The first kappa shape index (κ1) is 10.2. The molecule has 2 rings (SSSR count). The van der Waals surface area contributed by atoms with E-state index in [9.17, 15) is 4.79 Å². The van der Waals surface area contributed by atoms with Crippen molar-refractivity contribution in [1.82, 2.24) is 9.47 Å². The van der Waals surface area contributed by atoms with Gasteiger partial charge in [0, 0.05) is 19.8 Å². The fraction of sp³-hybridized carbons (Fsp3) is 0.545. The molecule has 1 N–H and O–H groups in total. The average Bonchev–Trinajstić information content (AvgIpc) is 2.84. The Labute approximate surface area is 89.1 Å². The summed E-state index contributed by atoms with van der Waals surface area (Å²) in [5, 5.41) is 9.15. The number of nitrogens with zero attached hydrogens (tertiary/aromatic N) is 2. The van der Waals surface area contributed by atoms with E-state index >= 15 is 0 Å². The first-order valence-electron chi connectivity index (χ1n) is 5.27. The van der Waals surface area contributed by atoms with Gasteiger partial charge in [-0.2, -0.15) is 0 Å². The summed E-state index contributed by atoms with van der Waals surface area (Å²) in [6, 6.07) is 3.68. The number of carbonyl (C=O) groups is 1. The Balaban J connectivity index is 2.18. The molecule has 1 fully saturated rings. The van der Waals surface area contributed by atoms with Crippen LogP contribution in [0.2, 0.25) is 0 Å². The normalized spacial score (nSPS) is 20.9.